The van der Waals surface area contributed by atoms with Gasteiger partial charge in [-0.1, -0.05) is 93.1 Å². The molecule has 186 valence electrons. The fourth-order valence-corrected chi connectivity index (χ4v) is 7.92. The Balaban J connectivity index is 0.000000646. The van der Waals surface area contributed by atoms with E-state index in [0.29, 0.717) is 23.5 Å². The minimum atomic E-state index is -0.398. The van der Waals surface area contributed by atoms with Gasteiger partial charge in [-0.25, -0.2) is 4.99 Å². The third-order valence-electron chi connectivity index (χ3n) is 6.57. The van der Waals surface area contributed by atoms with E-state index in [1.807, 2.05) is 0 Å². The zero-order valence-corrected chi connectivity index (χ0v) is 23.3. The minimum absolute atomic E-state index is 0. The van der Waals surface area contributed by atoms with E-state index in [2.05, 4.69) is 86.7 Å². The summed E-state index contributed by atoms with van der Waals surface area (Å²) in [7, 11) is -0.398. The Labute approximate surface area is 220 Å². The van der Waals surface area contributed by atoms with Crippen LogP contribution in [-0.2, 0) is 21.8 Å². The molecule has 0 aromatic heterocycles. The predicted octanol–water partition coefficient (Wildman–Crippen LogP) is 7.37. The van der Waals surface area contributed by atoms with E-state index in [1.54, 1.807) is 0 Å². The molecule has 2 aliphatic carbocycles. The van der Waals surface area contributed by atoms with Crippen molar-refractivity contribution < 1.29 is 21.8 Å². The van der Waals surface area contributed by atoms with Crippen molar-refractivity contribution in [2.75, 3.05) is 6.61 Å². The molecule has 0 radical (unpaired) electrons. The first-order valence-electron chi connectivity index (χ1n) is 12.0. The van der Waals surface area contributed by atoms with Crippen LogP contribution < -0.4 is 10.6 Å². The first-order valence-corrected chi connectivity index (χ1v) is 13.4. The second kappa shape index (κ2) is 15.6. The van der Waals surface area contributed by atoms with E-state index in [4.69, 9.17) is 9.73 Å². The summed E-state index contributed by atoms with van der Waals surface area (Å²) < 4.78 is 6.12. The zero-order valence-electron chi connectivity index (χ0n) is 21.3. The molecule has 34 heavy (non-hydrogen) atoms. The number of aliphatic imine (C=N–C) groups is 1. The fraction of sp³-hybridized carbons (Fsp3) is 0.433. The number of ether oxygens (including phenoxy) is 1. The Morgan fingerprint density at radius 1 is 0.824 bits per heavy atom. The van der Waals surface area contributed by atoms with E-state index in [0.717, 1.165) is 12.5 Å². The number of allylic oxidation sites excluding steroid dienone is 2. The number of nitrogens with zero attached hydrogens (tertiary/aromatic N) is 1. The van der Waals surface area contributed by atoms with Gasteiger partial charge in [0, 0.05) is 5.92 Å². The average Bonchev–Trinajstić information content (AvgIpc) is 3.58. The third-order valence-corrected chi connectivity index (χ3v) is 9.56. The van der Waals surface area contributed by atoms with E-state index in [-0.39, 0.29) is 31.9 Å². The standard InChI is InChI=1S/C23H28NOP.C5H8.2CH3.Fe/c1-17(2)21-16-25-23(24-21)20-14-9-15-22(20)26(18-10-5-3-6-11-18)19-12-7-4-8-13-19;1-2-4-5-3-1;;;/h3-8,10-13,17,20-22H,9,14-16H2,1-2H3;1-2H,3-5H2;2*1H3;/q;;2*-1;+2/t20?,21-,22?;;;;/m0..../s1. The Bertz CT molecular complexity index is 822. The van der Waals surface area contributed by atoms with E-state index in [9.17, 15) is 0 Å². The average molecular weight is 519 g/mol. The summed E-state index contributed by atoms with van der Waals surface area (Å²) in [4.78, 5) is 4.99. The summed E-state index contributed by atoms with van der Waals surface area (Å²) in [6.45, 7) is 5.26. The molecule has 2 aromatic carbocycles. The molecule has 0 N–H and O–H groups in total. The second-order valence-corrected chi connectivity index (χ2v) is 11.6. The molecule has 1 saturated carbocycles. The van der Waals surface area contributed by atoms with Crippen molar-refractivity contribution in [2.45, 2.75) is 64.1 Å². The van der Waals surface area contributed by atoms with Crippen molar-refractivity contribution in [3.05, 3.63) is 87.7 Å². The Morgan fingerprint density at radius 2 is 1.38 bits per heavy atom. The summed E-state index contributed by atoms with van der Waals surface area (Å²) >= 11 is 0. The van der Waals surface area contributed by atoms with Gasteiger partial charge in [0.25, 0.3) is 0 Å². The number of benzene rings is 2. The van der Waals surface area contributed by atoms with Crippen LogP contribution in [0.1, 0.15) is 52.4 Å². The van der Waals surface area contributed by atoms with Crippen LogP contribution in [-0.4, -0.2) is 24.2 Å². The predicted molar refractivity (Wildman–Crippen MR) is 148 cm³/mol. The topological polar surface area (TPSA) is 21.6 Å². The van der Waals surface area contributed by atoms with Crippen molar-refractivity contribution in [1.29, 1.82) is 0 Å². The van der Waals surface area contributed by atoms with Gasteiger partial charge >= 0.3 is 17.1 Å². The summed E-state index contributed by atoms with van der Waals surface area (Å²) in [5.41, 5.74) is 0.625. The largest absolute Gasteiger partial charge is 2.00 e. The van der Waals surface area contributed by atoms with Gasteiger partial charge in [-0.3, -0.25) is 0 Å². The third kappa shape index (κ3) is 7.81. The van der Waals surface area contributed by atoms with Crippen molar-refractivity contribution in [1.82, 2.24) is 0 Å². The van der Waals surface area contributed by atoms with Crippen molar-refractivity contribution in [3.63, 3.8) is 0 Å². The molecule has 2 aromatic rings. The zero-order chi connectivity index (χ0) is 21.5. The molecule has 4 heteroatoms. The maximum atomic E-state index is 6.12. The molecule has 2 nitrogen and oxygen atoms in total. The Hall–Kier alpha value is -1.40. The second-order valence-electron chi connectivity index (χ2n) is 9.14. The molecule has 0 spiro atoms. The number of hydrogen-bond donors (Lipinski definition) is 0. The Kier molecular flexibility index (Phi) is 14.0. The van der Waals surface area contributed by atoms with Crippen molar-refractivity contribution in [2.24, 2.45) is 16.8 Å². The Morgan fingerprint density at radius 3 is 1.82 bits per heavy atom. The van der Waals surface area contributed by atoms with Gasteiger partial charge in [0.05, 0.1) is 6.04 Å². The molecule has 1 heterocycles. The minimum Gasteiger partial charge on any atom is -0.478 e. The molecule has 0 bridgehead atoms. The summed E-state index contributed by atoms with van der Waals surface area (Å²) in [5, 5.41) is 2.95. The van der Waals surface area contributed by atoms with Gasteiger partial charge in [0.15, 0.2) is 5.90 Å². The SMILES string of the molecule is C1=CCCC1.CC(C)[C@@H]1COC(C2CCCC2P(c2ccccc2)c2ccccc2)=N1.[CH3-].[CH3-].[Fe+2]. The molecular weight excluding hydrogens is 477 g/mol. The molecule has 5 rings (SSSR count). The van der Waals surface area contributed by atoms with E-state index in [1.165, 1.54) is 49.1 Å². The van der Waals surface area contributed by atoms with E-state index >= 15 is 0 Å². The monoisotopic (exact) mass is 519 g/mol. The van der Waals surface area contributed by atoms with Crippen LogP contribution in [0.2, 0.25) is 0 Å². The van der Waals surface area contributed by atoms with Gasteiger partial charge in [0.2, 0.25) is 0 Å². The molecule has 2 unspecified atom stereocenters. The molecular formula is C30H42FeNOP. The molecule has 0 saturated heterocycles. The van der Waals surface area contributed by atoms with Crippen molar-refractivity contribution >= 4 is 24.4 Å². The first-order chi connectivity index (χ1) is 15.2. The van der Waals surface area contributed by atoms with Gasteiger partial charge < -0.3 is 19.6 Å². The molecule has 1 aliphatic heterocycles. The van der Waals surface area contributed by atoms with Crippen LogP contribution in [0, 0.1) is 26.7 Å². The summed E-state index contributed by atoms with van der Waals surface area (Å²) in [6, 6.07) is 22.5. The maximum absolute atomic E-state index is 6.12. The molecule has 1 fully saturated rings. The van der Waals surface area contributed by atoms with Crippen LogP contribution in [0.5, 0.6) is 0 Å². The molecule has 0 amide bonds. The van der Waals surface area contributed by atoms with Crippen LogP contribution in [0.25, 0.3) is 0 Å². The quantitative estimate of drug-likeness (QED) is 0.175. The number of hydrogen-bond acceptors (Lipinski definition) is 2. The maximum Gasteiger partial charge on any atom is 2.00 e. The first kappa shape index (κ1) is 30.6. The van der Waals surface area contributed by atoms with Gasteiger partial charge in [-0.2, -0.15) is 0 Å². The summed E-state index contributed by atoms with van der Waals surface area (Å²) in [6.07, 6.45) is 12.3. The molecule has 3 atom stereocenters. The van der Waals surface area contributed by atoms with Crippen LogP contribution in [0.3, 0.4) is 0 Å². The molecule has 3 aliphatic rings. The van der Waals surface area contributed by atoms with Gasteiger partial charge in [0.1, 0.15) is 6.61 Å². The van der Waals surface area contributed by atoms with Crippen LogP contribution >= 0.6 is 7.92 Å². The van der Waals surface area contributed by atoms with Gasteiger partial charge in [-0.15, -0.1) is 0 Å². The van der Waals surface area contributed by atoms with Crippen LogP contribution in [0.4, 0.5) is 0 Å². The summed E-state index contributed by atoms with van der Waals surface area (Å²) in [5.74, 6) is 2.08. The smallest absolute Gasteiger partial charge is 0.478 e. The van der Waals surface area contributed by atoms with Crippen LogP contribution in [0.15, 0.2) is 77.8 Å². The van der Waals surface area contributed by atoms with E-state index < -0.39 is 7.92 Å². The van der Waals surface area contributed by atoms with Gasteiger partial charge in [-0.05, 0) is 62.2 Å². The fourth-order valence-electron chi connectivity index (χ4n) is 4.79. The van der Waals surface area contributed by atoms with Crippen molar-refractivity contribution in [3.8, 4) is 0 Å². The number of rotatable bonds is 5. The normalized spacial score (nSPS) is 22.6.